The summed E-state index contributed by atoms with van der Waals surface area (Å²) in [6.07, 6.45) is 0. The zero-order valence-corrected chi connectivity index (χ0v) is 17.8. The lowest BCUT2D eigenvalue weighted by Gasteiger charge is -2.07. The third-order valence-corrected chi connectivity index (χ3v) is 6.95. The summed E-state index contributed by atoms with van der Waals surface area (Å²) in [6, 6.07) is 14.8. The molecule has 0 saturated carbocycles. The third-order valence-electron chi connectivity index (χ3n) is 4.92. The highest BCUT2D eigenvalue weighted by atomic mass is 32.1. The Hall–Kier alpha value is -3.62. The molecule has 0 amide bonds. The van der Waals surface area contributed by atoms with Crippen molar-refractivity contribution in [2.24, 2.45) is 0 Å². The lowest BCUT2D eigenvalue weighted by atomic mass is 9.97. The molecule has 2 N–H and O–H groups in total. The Morgan fingerprint density at radius 2 is 1.56 bits per heavy atom. The van der Waals surface area contributed by atoms with Crippen LogP contribution in [0.25, 0.3) is 31.8 Å². The summed E-state index contributed by atoms with van der Waals surface area (Å²) in [5.41, 5.74) is 2.06. The molecule has 3 aromatic carbocycles. The third kappa shape index (κ3) is 3.63. The second-order valence-corrected chi connectivity index (χ2v) is 8.97. The molecule has 32 heavy (non-hydrogen) atoms. The maximum absolute atomic E-state index is 13.7. The van der Waals surface area contributed by atoms with E-state index in [0.29, 0.717) is 20.1 Å². The molecule has 0 aliphatic heterocycles. The largest absolute Gasteiger partial charge is 0.508 e. The summed E-state index contributed by atoms with van der Waals surface area (Å²) in [5.74, 6) is -2.16. The molecule has 0 saturated heterocycles. The Morgan fingerprint density at radius 1 is 0.875 bits per heavy atom. The molecular formula is C24H13F2NO3S2. The second-order valence-electron chi connectivity index (χ2n) is 7.06. The molecule has 0 aliphatic carbocycles. The highest BCUT2D eigenvalue weighted by Crippen LogP contribution is 2.42. The fourth-order valence-electron chi connectivity index (χ4n) is 3.53. The van der Waals surface area contributed by atoms with E-state index in [2.05, 4.69) is 4.98 Å². The van der Waals surface area contributed by atoms with Crippen LogP contribution in [0.5, 0.6) is 11.6 Å². The number of rotatable bonds is 4. The van der Waals surface area contributed by atoms with E-state index in [9.17, 15) is 23.8 Å². The van der Waals surface area contributed by atoms with Gasteiger partial charge >= 0.3 is 0 Å². The number of thiazole rings is 1. The molecule has 0 aliphatic rings. The van der Waals surface area contributed by atoms with Gasteiger partial charge in [0.1, 0.15) is 22.4 Å². The number of nitrogens with zero attached hydrogens (tertiary/aromatic N) is 1. The van der Waals surface area contributed by atoms with Crippen molar-refractivity contribution in [3.05, 3.63) is 88.1 Å². The van der Waals surface area contributed by atoms with E-state index in [4.69, 9.17) is 0 Å². The van der Waals surface area contributed by atoms with E-state index in [1.165, 1.54) is 22.8 Å². The minimum absolute atomic E-state index is 0.0482. The summed E-state index contributed by atoms with van der Waals surface area (Å²) in [4.78, 5) is 17.6. The van der Waals surface area contributed by atoms with Gasteiger partial charge in [0.15, 0.2) is 0 Å². The predicted octanol–water partition coefficient (Wildman–Crippen LogP) is 6.61. The number of phenols is 1. The number of thiophene rings is 1. The van der Waals surface area contributed by atoms with Gasteiger partial charge < -0.3 is 10.2 Å². The number of carbonyl (C=O) groups excluding carboxylic acids is 1. The summed E-state index contributed by atoms with van der Waals surface area (Å²) in [5, 5.41) is 22.3. The van der Waals surface area contributed by atoms with E-state index < -0.39 is 17.4 Å². The van der Waals surface area contributed by atoms with Crippen molar-refractivity contribution >= 4 is 38.5 Å². The van der Waals surface area contributed by atoms with Gasteiger partial charge in [0.25, 0.3) is 0 Å². The van der Waals surface area contributed by atoms with Crippen molar-refractivity contribution in [1.29, 1.82) is 0 Å². The van der Waals surface area contributed by atoms with E-state index in [1.54, 1.807) is 12.1 Å². The first kappa shape index (κ1) is 20.3. The molecule has 0 fully saturated rings. The van der Waals surface area contributed by atoms with E-state index in [1.807, 2.05) is 24.3 Å². The van der Waals surface area contributed by atoms with Crippen LogP contribution in [0, 0.1) is 11.6 Å². The lowest BCUT2D eigenvalue weighted by molar-refractivity contribution is 0.104. The van der Waals surface area contributed by atoms with Crippen LogP contribution < -0.4 is 0 Å². The normalized spacial score (nSPS) is 11.2. The van der Waals surface area contributed by atoms with Crippen LogP contribution in [-0.2, 0) is 0 Å². The monoisotopic (exact) mass is 465 g/mol. The van der Waals surface area contributed by atoms with Crippen molar-refractivity contribution in [2.75, 3.05) is 0 Å². The van der Waals surface area contributed by atoms with Crippen LogP contribution in [0.4, 0.5) is 8.78 Å². The SMILES string of the molecule is O=C(c1cc(F)cc(F)c1)c1sc2cc(O)ccc2c1-c1ccc(-c2nc(O)cs2)cc1. The van der Waals surface area contributed by atoms with E-state index in [0.717, 1.165) is 46.0 Å². The standard InChI is InChI=1S/C24H13F2NO3S2/c25-15-7-14(8-16(26)9-15)22(30)23-21(18-6-5-17(28)10-19(18)32-23)12-1-3-13(4-2-12)24-27-20(29)11-31-24/h1-11,28-29H. The van der Waals surface area contributed by atoms with Crippen molar-refractivity contribution < 1.29 is 23.8 Å². The number of phenolic OH excluding ortho intramolecular Hbond substituents is 1. The first-order valence-electron chi connectivity index (χ1n) is 9.40. The molecule has 0 spiro atoms. The summed E-state index contributed by atoms with van der Waals surface area (Å²) in [6.45, 7) is 0. The van der Waals surface area contributed by atoms with Gasteiger partial charge in [-0.2, -0.15) is 0 Å². The van der Waals surface area contributed by atoms with Gasteiger partial charge in [-0.3, -0.25) is 4.79 Å². The fraction of sp³-hybridized carbons (Fsp3) is 0. The van der Waals surface area contributed by atoms with Gasteiger partial charge in [-0.1, -0.05) is 24.3 Å². The zero-order chi connectivity index (χ0) is 22.4. The molecule has 0 radical (unpaired) electrons. The average molecular weight is 466 g/mol. The van der Waals surface area contributed by atoms with Crippen LogP contribution in [0.15, 0.2) is 66.0 Å². The van der Waals surface area contributed by atoms with Crippen LogP contribution >= 0.6 is 22.7 Å². The summed E-state index contributed by atoms with van der Waals surface area (Å²) in [7, 11) is 0. The van der Waals surface area contributed by atoms with Gasteiger partial charge in [0.05, 0.1) is 10.3 Å². The number of aromatic hydroxyl groups is 2. The second kappa shape index (κ2) is 7.81. The molecular weight excluding hydrogens is 452 g/mol. The predicted molar refractivity (Wildman–Crippen MR) is 121 cm³/mol. The quantitative estimate of drug-likeness (QED) is 0.293. The Morgan fingerprint density at radius 3 is 2.22 bits per heavy atom. The number of hydrogen-bond donors (Lipinski definition) is 2. The molecule has 5 aromatic rings. The number of carbonyl (C=O) groups is 1. The van der Waals surface area contributed by atoms with Crippen LogP contribution in [-0.4, -0.2) is 21.0 Å². The van der Waals surface area contributed by atoms with Crippen molar-refractivity contribution in [3.8, 4) is 33.3 Å². The van der Waals surface area contributed by atoms with E-state index >= 15 is 0 Å². The van der Waals surface area contributed by atoms with Gasteiger partial charge in [-0.05, 0) is 35.9 Å². The van der Waals surface area contributed by atoms with Gasteiger partial charge in [0.2, 0.25) is 11.7 Å². The summed E-state index contributed by atoms with van der Waals surface area (Å²) >= 11 is 2.46. The minimum Gasteiger partial charge on any atom is -0.508 e. The molecule has 0 unspecified atom stereocenters. The van der Waals surface area contributed by atoms with Crippen molar-refractivity contribution in [2.45, 2.75) is 0 Å². The Bertz CT molecular complexity index is 1470. The molecule has 8 heteroatoms. The number of halogens is 2. The van der Waals surface area contributed by atoms with E-state index in [-0.39, 0.29) is 17.2 Å². The Balaban J connectivity index is 1.67. The maximum atomic E-state index is 13.7. The van der Waals surface area contributed by atoms with Gasteiger partial charge in [-0.25, -0.2) is 13.8 Å². The minimum atomic E-state index is -0.829. The van der Waals surface area contributed by atoms with Gasteiger partial charge in [-0.15, -0.1) is 22.7 Å². The van der Waals surface area contributed by atoms with Crippen molar-refractivity contribution in [3.63, 3.8) is 0 Å². The molecule has 0 atom stereocenters. The number of hydrogen-bond acceptors (Lipinski definition) is 6. The number of aromatic nitrogens is 1. The van der Waals surface area contributed by atoms with Crippen LogP contribution in [0.3, 0.4) is 0 Å². The first-order valence-corrected chi connectivity index (χ1v) is 11.1. The molecule has 0 bridgehead atoms. The van der Waals surface area contributed by atoms with Gasteiger partial charge in [0, 0.05) is 32.8 Å². The molecule has 158 valence electrons. The van der Waals surface area contributed by atoms with Crippen LogP contribution in [0.1, 0.15) is 15.2 Å². The molecule has 5 rings (SSSR count). The molecule has 2 heterocycles. The molecule has 2 aromatic heterocycles. The lowest BCUT2D eigenvalue weighted by Crippen LogP contribution is -2.02. The van der Waals surface area contributed by atoms with Crippen LogP contribution in [0.2, 0.25) is 0 Å². The highest BCUT2D eigenvalue weighted by Gasteiger charge is 2.22. The maximum Gasteiger partial charge on any atom is 0.222 e. The number of ketones is 1. The zero-order valence-electron chi connectivity index (χ0n) is 16.2. The fourth-order valence-corrected chi connectivity index (χ4v) is 5.43. The number of fused-ring (bicyclic) bond motifs is 1. The number of benzene rings is 3. The first-order chi connectivity index (χ1) is 15.4. The van der Waals surface area contributed by atoms with Crippen molar-refractivity contribution in [1.82, 2.24) is 4.98 Å². The Kier molecular flexibility index (Phi) is 4.96. The summed E-state index contributed by atoms with van der Waals surface area (Å²) < 4.78 is 28.2. The smallest absolute Gasteiger partial charge is 0.222 e. The topological polar surface area (TPSA) is 70.4 Å². The average Bonchev–Trinajstić information content (AvgIpc) is 3.36. The Labute approximate surface area is 188 Å². The highest BCUT2D eigenvalue weighted by molar-refractivity contribution is 7.21. The molecule has 4 nitrogen and oxygen atoms in total.